The zero-order chi connectivity index (χ0) is 16.2. The summed E-state index contributed by atoms with van der Waals surface area (Å²) in [6, 6.07) is 13.0. The van der Waals surface area contributed by atoms with Gasteiger partial charge in [-0.3, -0.25) is 10.1 Å². The number of nitro groups is 1. The van der Waals surface area contributed by atoms with Crippen LogP contribution < -0.4 is 0 Å². The van der Waals surface area contributed by atoms with E-state index in [0.29, 0.717) is 11.1 Å². The molecule has 0 aliphatic carbocycles. The molecule has 0 saturated heterocycles. The van der Waals surface area contributed by atoms with Gasteiger partial charge >= 0.3 is 0 Å². The molecule has 0 saturated carbocycles. The first-order valence-corrected chi connectivity index (χ1v) is 9.05. The lowest BCUT2D eigenvalue weighted by Gasteiger charge is -2.00. The highest BCUT2D eigenvalue weighted by atomic mass is 127. The number of nitro benzene ring substituents is 1. The standard InChI is InChI=1S/C15H12INO4S/c16-14-5-1-13(2-6-14)11-22(20,21)10-9-12-3-7-15(8-4-12)17(18)19/h1-10H,11H2. The van der Waals surface area contributed by atoms with Gasteiger partial charge in [-0.15, -0.1) is 0 Å². The molecule has 0 atom stereocenters. The molecule has 0 N–H and O–H groups in total. The van der Waals surface area contributed by atoms with E-state index < -0.39 is 14.8 Å². The van der Waals surface area contributed by atoms with Crippen LogP contribution in [0.25, 0.3) is 6.08 Å². The lowest BCUT2D eigenvalue weighted by Crippen LogP contribution is -1.99. The van der Waals surface area contributed by atoms with Crippen LogP contribution in [0.1, 0.15) is 11.1 Å². The van der Waals surface area contributed by atoms with Gasteiger partial charge in [0.05, 0.1) is 10.7 Å². The van der Waals surface area contributed by atoms with E-state index in [1.165, 1.54) is 30.3 Å². The van der Waals surface area contributed by atoms with Crippen molar-refractivity contribution in [1.82, 2.24) is 0 Å². The molecule has 0 heterocycles. The van der Waals surface area contributed by atoms with Gasteiger partial charge in [-0.2, -0.15) is 0 Å². The Labute approximate surface area is 141 Å². The third kappa shape index (κ3) is 4.92. The summed E-state index contributed by atoms with van der Waals surface area (Å²) in [4.78, 5) is 10.0. The summed E-state index contributed by atoms with van der Waals surface area (Å²) in [6.45, 7) is 0. The number of nitrogens with zero attached hydrogens (tertiary/aromatic N) is 1. The molecule has 2 aromatic rings. The Morgan fingerprint density at radius 1 is 1.05 bits per heavy atom. The quantitative estimate of drug-likeness (QED) is 0.412. The van der Waals surface area contributed by atoms with Crippen molar-refractivity contribution in [1.29, 1.82) is 0 Å². The first-order chi connectivity index (χ1) is 10.4. The van der Waals surface area contributed by atoms with Crippen LogP contribution in [0.3, 0.4) is 0 Å². The van der Waals surface area contributed by atoms with Crippen LogP contribution in [-0.2, 0) is 15.6 Å². The van der Waals surface area contributed by atoms with Crippen molar-refractivity contribution in [2.75, 3.05) is 0 Å². The van der Waals surface area contributed by atoms with Crippen LogP contribution in [-0.4, -0.2) is 13.3 Å². The van der Waals surface area contributed by atoms with Crippen molar-refractivity contribution < 1.29 is 13.3 Å². The number of hydrogen-bond donors (Lipinski definition) is 0. The molecule has 114 valence electrons. The predicted octanol–water partition coefficient (Wildman–Crippen LogP) is 3.79. The topological polar surface area (TPSA) is 77.3 Å². The van der Waals surface area contributed by atoms with E-state index >= 15 is 0 Å². The summed E-state index contributed by atoms with van der Waals surface area (Å²) in [7, 11) is -3.39. The molecule has 2 aromatic carbocycles. The molecule has 0 aromatic heterocycles. The average molecular weight is 429 g/mol. The van der Waals surface area contributed by atoms with Gasteiger partial charge < -0.3 is 0 Å². The second-order valence-corrected chi connectivity index (χ2v) is 7.72. The number of sulfone groups is 1. The van der Waals surface area contributed by atoms with Crippen molar-refractivity contribution in [2.24, 2.45) is 0 Å². The smallest absolute Gasteiger partial charge is 0.258 e. The van der Waals surface area contributed by atoms with Crippen LogP contribution in [0.4, 0.5) is 5.69 Å². The van der Waals surface area contributed by atoms with Crippen LogP contribution in [0.15, 0.2) is 53.9 Å². The number of rotatable bonds is 5. The third-order valence-electron chi connectivity index (χ3n) is 2.85. The van der Waals surface area contributed by atoms with Crippen LogP contribution in [0.5, 0.6) is 0 Å². The Morgan fingerprint density at radius 3 is 2.18 bits per heavy atom. The Kier molecular flexibility index (Phi) is 5.30. The van der Waals surface area contributed by atoms with E-state index in [1.54, 1.807) is 12.1 Å². The monoisotopic (exact) mass is 429 g/mol. The van der Waals surface area contributed by atoms with Crippen molar-refractivity contribution in [3.8, 4) is 0 Å². The van der Waals surface area contributed by atoms with E-state index in [-0.39, 0.29) is 11.4 Å². The lowest BCUT2D eigenvalue weighted by molar-refractivity contribution is -0.384. The fourth-order valence-electron chi connectivity index (χ4n) is 1.75. The van der Waals surface area contributed by atoms with Crippen LogP contribution in [0.2, 0.25) is 0 Å². The molecular formula is C15H12INO4S. The molecule has 5 nitrogen and oxygen atoms in total. The van der Waals surface area contributed by atoms with Gasteiger partial charge in [-0.05, 0) is 64.1 Å². The molecule has 0 aliphatic heterocycles. The van der Waals surface area contributed by atoms with Crippen molar-refractivity contribution in [3.63, 3.8) is 0 Å². The number of non-ortho nitro benzene ring substituents is 1. The number of hydrogen-bond acceptors (Lipinski definition) is 4. The molecule has 0 amide bonds. The van der Waals surface area contributed by atoms with Crippen molar-refractivity contribution >= 4 is 44.2 Å². The van der Waals surface area contributed by atoms with E-state index in [4.69, 9.17) is 0 Å². The van der Waals surface area contributed by atoms with Gasteiger partial charge in [0.1, 0.15) is 0 Å². The highest BCUT2D eigenvalue weighted by Crippen LogP contribution is 2.15. The number of benzene rings is 2. The van der Waals surface area contributed by atoms with Gasteiger partial charge in [0, 0.05) is 21.1 Å². The third-order valence-corrected chi connectivity index (χ3v) is 4.86. The average Bonchev–Trinajstić information content (AvgIpc) is 2.48. The largest absolute Gasteiger partial charge is 0.269 e. The van der Waals surface area contributed by atoms with E-state index in [2.05, 4.69) is 22.6 Å². The van der Waals surface area contributed by atoms with Crippen LogP contribution >= 0.6 is 22.6 Å². The fraction of sp³-hybridized carbons (Fsp3) is 0.0667. The highest BCUT2D eigenvalue weighted by Gasteiger charge is 2.08. The molecule has 0 spiro atoms. The minimum Gasteiger partial charge on any atom is -0.258 e. The summed E-state index contributed by atoms with van der Waals surface area (Å²) in [5.74, 6) is -0.0760. The van der Waals surface area contributed by atoms with Gasteiger partial charge in [-0.25, -0.2) is 8.42 Å². The summed E-state index contributed by atoms with van der Waals surface area (Å²) < 4.78 is 25.1. The number of halogens is 1. The van der Waals surface area contributed by atoms with E-state index in [0.717, 1.165) is 8.98 Å². The van der Waals surface area contributed by atoms with E-state index in [1.807, 2.05) is 12.1 Å². The Balaban J connectivity index is 2.10. The second-order valence-electron chi connectivity index (χ2n) is 4.59. The van der Waals surface area contributed by atoms with Crippen molar-refractivity contribution in [3.05, 3.63) is 78.8 Å². The lowest BCUT2D eigenvalue weighted by atomic mass is 10.2. The zero-order valence-corrected chi connectivity index (χ0v) is 14.3. The SMILES string of the molecule is O=[N+]([O-])c1ccc(C=CS(=O)(=O)Cc2ccc(I)cc2)cc1. The molecule has 7 heteroatoms. The van der Waals surface area contributed by atoms with Gasteiger partial charge in [0.25, 0.3) is 5.69 Å². The summed E-state index contributed by atoms with van der Waals surface area (Å²) in [6.07, 6.45) is 1.44. The fourth-order valence-corrected chi connectivity index (χ4v) is 3.23. The van der Waals surface area contributed by atoms with Gasteiger partial charge in [-0.1, -0.05) is 12.1 Å². The molecule has 0 fully saturated rings. The van der Waals surface area contributed by atoms with Gasteiger partial charge in [0.2, 0.25) is 0 Å². The molecule has 0 unspecified atom stereocenters. The van der Waals surface area contributed by atoms with Crippen molar-refractivity contribution in [2.45, 2.75) is 5.75 Å². The minimum absolute atomic E-state index is 0.0288. The molecule has 22 heavy (non-hydrogen) atoms. The van der Waals surface area contributed by atoms with E-state index in [9.17, 15) is 18.5 Å². The molecule has 0 radical (unpaired) electrons. The molecule has 2 rings (SSSR count). The summed E-state index contributed by atoms with van der Waals surface area (Å²) >= 11 is 2.15. The maximum absolute atomic E-state index is 12.0. The Hall–Kier alpha value is -1.74. The maximum Gasteiger partial charge on any atom is 0.269 e. The maximum atomic E-state index is 12.0. The first-order valence-electron chi connectivity index (χ1n) is 6.25. The molecule has 0 bridgehead atoms. The molecular weight excluding hydrogens is 417 g/mol. The minimum atomic E-state index is -3.39. The Bertz CT molecular complexity index is 796. The normalized spacial score (nSPS) is 11.7. The predicted molar refractivity (Wildman–Crippen MR) is 93.9 cm³/mol. The second kappa shape index (κ2) is 7.01. The first kappa shape index (κ1) is 16.6. The Morgan fingerprint density at radius 2 is 1.64 bits per heavy atom. The zero-order valence-electron chi connectivity index (χ0n) is 11.3. The van der Waals surface area contributed by atoms with Gasteiger partial charge in [0.15, 0.2) is 9.84 Å². The highest BCUT2D eigenvalue weighted by molar-refractivity contribution is 14.1. The summed E-state index contributed by atoms with van der Waals surface area (Å²) in [5.41, 5.74) is 1.28. The van der Waals surface area contributed by atoms with Crippen LogP contribution in [0, 0.1) is 13.7 Å². The molecule has 0 aliphatic rings. The summed E-state index contributed by atoms with van der Waals surface area (Å²) in [5, 5.41) is 11.7.